The Morgan fingerprint density at radius 2 is 1.91 bits per heavy atom. The largest absolute Gasteiger partial charge is 0.322 e. The highest BCUT2D eigenvalue weighted by molar-refractivity contribution is 5.84. The highest BCUT2D eigenvalue weighted by atomic mass is 19.1. The molecule has 6 fully saturated rings. The van der Waals surface area contributed by atoms with E-state index in [-0.39, 0.29) is 23.4 Å². The molecule has 0 spiro atoms. The van der Waals surface area contributed by atoms with Crippen LogP contribution in [0.3, 0.4) is 0 Å². The second-order valence-corrected chi connectivity index (χ2v) is 9.14. The van der Waals surface area contributed by atoms with Crippen molar-refractivity contribution in [2.45, 2.75) is 75.2 Å². The molecule has 6 aliphatic rings. The van der Waals surface area contributed by atoms with Gasteiger partial charge in [0.1, 0.15) is 11.7 Å². The van der Waals surface area contributed by atoms with E-state index in [2.05, 4.69) is 6.07 Å². The number of hydrogen-bond donors (Lipinski definition) is 1. The lowest BCUT2D eigenvalue weighted by atomic mass is 9.46. The zero-order valence-corrected chi connectivity index (χ0v) is 13.4. The van der Waals surface area contributed by atoms with Crippen molar-refractivity contribution in [3.05, 3.63) is 0 Å². The summed E-state index contributed by atoms with van der Waals surface area (Å²) >= 11 is 0. The normalized spacial score (nSPS) is 53.8. The summed E-state index contributed by atoms with van der Waals surface area (Å²) in [4.78, 5) is 14.9. The van der Waals surface area contributed by atoms with Gasteiger partial charge in [0.2, 0.25) is 5.91 Å². The molecule has 0 radical (unpaired) electrons. The van der Waals surface area contributed by atoms with Gasteiger partial charge in [-0.3, -0.25) is 4.79 Å². The van der Waals surface area contributed by atoms with E-state index in [0.717, 1.165) is 32.1 Å². The fraction of sp³-hybridized carbons (Fsp3) is 0.889. The first-order valence-corrected chi connectivity index (χ1v) is 9.09. The Kier molecular flexibility index (Phi) is 2.64. The SMILES string of the molecule is N#C[C@@H]1CC2C[C@@H]2N1C(=O)[C@@H](N)C12CC3CC(CC(F)(C3)C1)C2. The average molecular weight is 317 g/mol. The Morgan fingerprint density at radius 1 is 1.22 bits per heavy atom. The molecule has 4 bridgehead atoms. The van der Waals surface area contributed by atoms with Gasteiger partial charge in [-0.05, 0) is 74.5 Å². The maximum atomic E-state index is 15.1. The molecular weight excluding hydrogens is 293 g/mol. The van der Waals surface area contributed by atoms with Crippen molar-refractivity contribution in [3.8, 4) is 6.07 Å². The highest BCUT2D eigenvalue weighted by Crippen LogP contribution is 2.64. The number of carbonyl (C=O) groups is 1. The number of rotatable bonds is 2. The zero-order valence-electron chi connectivity index (χ0n) is 13.4. The third-order valence-electron chi connectivity index (χ3n) is 7.47. The molecule has 1 aliphatic heterocycles. The minimum absolute atomic E-state index is 0.0768. The first-order chi connectivity index (χ1) is 10.9. The Morgan fingerprint density at radius 3 is 2.52 bits per heavy atom. The van der Waals surface area contributed by atoms with Crippen LogP contribution in [0.4, 0.5) is 4.39 Å². The number of piperidine rings is 1. The second kappa shape index (κ2) is 4.27. The first-order valence-electron chi connectivity index (χ1n) is 9.09. The van der Waals surface area contributed by atoms with Gasteiger partial charge in [0.15, 0.2) is 0 Å². The van der Waals surface area contributed by atoms with Crippen molar-refractivity contribution in [1.29, 1.82) is 5.26 Å². The van der Waals surface area contributed by atoms with E-state index in [1.54, 1.807) is 4.90 Å². The van der Waals surface area contributed by atoms with Gasteiger partial charge in [0, 0.05) is 6.04 Å². The molecule has 3 unspecified atom stereocenters. The van der Waals surface area contributed by atoms with E-state index in [9.17, 15) is 10.1 Å². The van der Waals surface area contributed by atoms with Crippen molar-refractivity contribution in [2.24, 2.45) is 28.9 Å². The van der Waals surface area contributed by atoms with E-state index >= 15 is 4.39 Å². The molecule has 4 nitrogen and oxygen atoms in total. The Bertz CT molecular complexity index is 600. The number of hydrogen-bond acceptors (Lipinski definition) is 3. The van der Waals surface area contributed by atoms with E-state index in [0.29, 0.717) is 37.0 Å². The first kappa shape index (κ1) is 14.2. The molecule has 5 saturated carbocycles. The number of fused-ring (bicyclic) bond motifs is 1. The van der Waals surface area contributed by atoms with Gasteiger partial charge in [-0.15, -0.1) is 0 Å². The Hall–Kier alpha value is -1.15. The number of nitrogens with zero attached hydrogens (tertiary/aromatic N) is 2. The highest BCUT2D eigenvalue weighted by Gasteiger charge is 2.63. The van der Waals surface area contributed by atoms with Crippen molar-refractivity contribution in [1.82, 2.24) is 4.90 Å². The smallest absolute Gasteiger partial charge is 0.241 e. The molecule has 6 atom stereocenters. The molecule has 0 aromatic rings. The lowest BCUT2D eigenvalue weighted by Gasteiger charge is -2.60. The van der Waals surface area contributed by atoms with Crippen LogP contribution in [0.5, 0.6) is 0 Å². The number of amides is 1. The molecular formula is C18H24FN3O. The van der Waals surface area contributed by atoms with E-state index in [1.165, 1.54) is 0 Å². The quantitative estimate of drug-likeness (QED) is 0.848. The van der Waals surface area contributed by atoms with Crippen LogP contribution in [-0.4, -0.2) is 34.6 Å². The number of halogens is 1. The molecule has 124 valence electrons. The van der Waals surface area contributed by atoms with Crippen LogP contribution in [0, 0.1) is 34.5 Å². The van der Waals surface area contributed by atoms with Gasteiger partial charge in [-0.1, -0.05) is 0 Å². The van der Waals surface area contributed by atoms with Crippen molar-refractivity contribution >= 4 is 5.91 Å². The van der Waals surface area contributed by atoms with Gasteiger partial charge in [-0.2, -0.15) is 5.26 Å². The maximum Gasteiger partial charge on any atom is 0.241 e. The minimum Gasteiger partial charge on any atom is -0.322 e. The van der Waals surface area contributed by atoms with E-state index < -0.39 is 11.7 Å². The molecule has 1 saturated heterocycles. The van der Waals surface area contributed by atoms with Crippen molar-refractivity contribution in [2.75, 3.05) is 0 Å². The maximum absolute atomic E-state index is 15.1. The minimum atomic E-state index is -1.09. The molecule has 6 rings (SSSR count). The number of alkyl halides is 1. The monoisotopic (exact) mass is 317 g/mol. The lowest BCUT2D eigenvalue weighted by Crippen LogP contribution is -2.64. The van der Waals surface area contributed by atoms with Crippen LogP contribution in [0.25, 0.3) is 0 Å². The van der Waals surface area contributed by atoms with Crippen LogP contribution >= 0.6 is 0 Å². The van der Waals surface area contributed by atoms with Crippen LogP contribution in [0.2, 0.25) is 0 Å². The summed E-state index contributed by atoms with van der Waals surface area (Å²) in [5.74, 6) is 1.23. The number of nitrogens with two attached hydrogens (primary N) is 1. The molecule has 1 amide bonds. The zero-order chi connectivity index (χ0) is 16.0. The molecule has 23 heavy (non-hydrogen) atoms. The summed E-state index contributed by atoms with van der Waals surface area (Å²) < 4.78 is 15.1. The number of carbonyl (C=O) groups excluding carboxylic acids is 1. The lowest BCUT2D eigenvalue weighted by molar-refractivity contribution is -0.156. The molecule has 0 aromatic heterocycles. The van der Waals surface area contributed by atoms with Crippen LogP contribution in [-0.2, 0) is 4.79 Å². The van der Waals surface area contributed by atoms with Gasteiger partial charge < -0.3 is 10.6 Å². The third-order valence-corrected chi connectivity index (χ3v) is 7.47. The molecule has 5 heteroatoms. The molecule has 2 N–H and O–H groups in total. The summed E-state index contributed by atoms with van der Waals surface area (Å²) in [6.07, 6.45) is 6.53. The Labute approximate surface area is 136 Å². The van der Waals surface area contributed by atoms with Gasteiger partial charge >= 0.3 is 0 Å². The number of nitriles is 1. The van der Waals surface area contributed by atoms with Gasteiger partial charge in [0.25, 0.3) is 0 Å². The van der Waals surface area contributed by atoms with Gasteiger partial charge in [0.05, 0.1) is 12.1 Å². The van der Waals surface area contributed by atoms with E-state index in [1.807, 2.05) is 0 Å². The fourth-order valence-electron chi connectivity index (χ4n) is 6.90. The fourth-order valence-corrected chi connectivity index (χ4v) is 6.90. The average Bonchev–Trinajstić information content (AvgIpc) is 3.14. The topological polar surface area (TPSA) is 70.1 Å². The summed E-state index contributed by atoms with van der Waals surface area (Å²) in [6, 6.07) is 1.56. The van der Waals surface area contributed by atoms with Crippen molar-refractivity contribution < 1.29 is 9.18 Å². The Balaban J connectivity index is 1.43. The summed E-state index contributed by atoms with van der Waals surface area (Å²) in [7, 11) is 0. The molecule has 1 heterocycles. The number of likely N-dealkylation sites (tertiary alicyclic amines) is 1. The summed E-state index contributed by atoms with van der Waals surface area (Å²) in [6.45, 7) is 0. The second-order valence-electron chi connectivity index (χ2n) is 9.14. The third kappa shape index (κ3) is 1.88. The van der Waals surface area contributed by atoms with Crippen LogP contribution in [0.1, 0.15) is 51.4 Å². The predicted octanol–water partition coefficient (Wildman–Crippen LogP) is 2.14. The van der Waals surface area contributed by atoms with E-state index in [4.69, 9.17) is 5.73 Å². The van der Waals surface area contributed by atoms with Crippen LogP contribution in [0.15, 0.2) is 0 Å². The van der Waals surface area contributed by atoms with Crippen LogP contribution < -0.4 is 5.73 Å². The standard InChI is InChI=1S/C18H24FN3O/c19-18-6-10-1-11(7-18)5-17(4-10,9-18)15(21)16(23)22-13(8-20)2-12-3-14(12)22/h10-15H,1-7,9,21H2/t10?,11?,12?,13-,14-,15+,17?,18?/m0/s1. The summed E-state index contributed by atoms with van der Waals surface area (Å²) in [5.41, 5.74) is 5.03. The molecule has 0 aromatic carbocycles. The summed E-state index contributed by atoms with van der Waals surface area (Å²) in [5, 5.41) is 9.34. The van der Waals surface area contributed by atoms with Crippen molar-refractivity contribution in [3.63, 3.8) is 0 Å². The predicted molar refractivity (Wildman–Crippen MR) is 81.7 cm³/mol. The van der Waals surface area contributed by atoms with Gasteiger partial charge in [-0.25, -0.2) is 4.39 Å². The molecule has 5 aliphatic carbocycles.